The fourth-order valence-corrected chi connectivity index (χ4v) is 3.18. The standard InChI is InChI=1S/C19H20ClFO3Si/c1-23-19(22)17(13-5-9-15(20)10-6-13)18(24-25(2,3)4)14-7-11-16(21)12-8-14/h5-12H,1-4H3/b18-17-. The molecule has 0 fully saturated rings. The van der Waals surface area contributed by atoms with Gasteiger partial charge in [-0.1, -0.05) is 23.7 Å². The Hall–Kier alpha value is -2.11. The lowest BCUT2D eigenvalue weighted by atomic mass is 10.0. The van der Waals surface area contributed by atoms with Crippen LogP contribution < -0.4 is 0 Å². The highest BCUT2D eigenvalue weighted by molar-refractivity contribution is 6.70. The lowest BCUT2D eigenvalue weighted by Crippen LogP contribution is -2.25. The van der Waals surface area contributed by atoms with Gasteiger partial charge >= 0.3 is 5.97 Å². The van der Waals surface area contributed by atoms with Crippen LogP contribution >= 0.6 is 11.6 Å². The maximum absolute atomic E-state index is 13.3. The maximum Gasteiger partial charge on any atom is 0.342 e. The Balaban J connectivity index is 2.73. The summed E-state index contributed by atoms with van der Waals surface area (Å²) in [6, 6.07) is 12.7. The van der Waals surface area contributed by atoms with Gasteiger partial charge in [-0.05, 0) is 61.6 Å². The van der Waals surface area contributed by atoms with E-state index < -0.39 is 14.3 Å². The number of hydrogen-bond donors (Lipinski definition) is 0. The third kappa shape index (κ3) is 5.18. The Labute approximate surface area is 153 Å². The predicted octanol–water partition coefficient (Wildman–Crippen LogP) is 5.37. The van der Waals surface area contributed by atoms with Gasteiger partial charge in [0, 0.05) is 10.6 Å². The molecule has 0 N–H and O–H groups in total. The lowest BCUT2D eigenvalue weighted by molar-refractivity contribution is -0.133. The SMILES string of the molecule is COC(=O)/C(=C(\O[Si](C)(C)C)c1ccc(F)cc1)c1ccc(Cl)cc1. The van der Waals surface area contributed by atoms with Gasteiger partial charge in [0.1, 0.15) is 17.1 Å². The van der Waals surface area contributed by atoms with Crippen LogP contribution in [0.2, 0.25) is 24.7 Å². The molecule has 0 aliphatic rings. The molecule has 0 aromatic heterocycles. The van der Waals surface area contributed by atoms with E-state index in [9.17, 15) is 9.18 Å². The molecule has 2 rings (SSSR count). The van der Waals surface area contributed by atoms with Gasteiger partial charge in [-0.25, -0.2) is 9.18 Å². The van der Waals surface area contributed by atoms with Crippen LogP contribution in [0.15, 0.2) is 48.5 Å². The van der Waals surface area contributed by atoms with Gasteiger partial charge < -0.3 is 9.16 Å². The number of carbonyl (C=O) groups excluding carboxylic acids is 1. The monoisotopic (exact) mass is 378 g/mol. The fourth-order valence-electron chi connectivity index (χ4n) is 2.22. The molecule has 6 heteroatoms. The fraction of sp³-hybridized carbons (Fsp3) is 0.211. The van der Waals surface area contributed by atoms with Crippen LogP contribution in [-0.2, 0) is 14.0 Å². The number of ether oxygens (including phenoxy) is 1. The summed E-state index contributed by atoms with van der Waals surface area (Å²) < 4.78 is 24.5. The first-order valence-electron chi connectivity index (χ1n) is 7.75. The first-order chi connectivity index (χ1) is 11.7. The normalized spacial score (nSPS) is 12.4. The summed E-state index contributed by atoms with van der Waals surface area (Å²) in [6.07, 6.45) is 0. The van der Waals surface area contributed by atoms with E-state index >= 15 is 0 Å². The molecule has 0 aliphatic carbocycles. The van der Waals surface area contributed by atoms with E-state index in [1.54, 1.807) is 36.4 Å². The zero-order valence-corrected chi connectivity index (χ0v) is 16.4. The van der Waals surface area contributed by atoms with Crippen molar-refractivity contribution >= 4 is 37.2 Å². The van der Waals surface area contributed by atoms with Gasteiger partial charge in [0.15, 0.2) is 0 Å². The summed E-state index contributed by atoms with van der Waals surface area (Å²) >= 11 is 5.95. The quantitative estimate of drug-likeness (QED) is 0.230. The van der Waals surface area contributed by atoms with Gasteiger partial charge in [0.2, 0.25) is 8.32 Å². The highest BCUT2D eigenvalue weighted by atomic mass is 35.5. The maximum atomic E-state index is 13.3. The van der Waals surface area contributed by atoms with Crippen LogP contribution in [0.3, 0.4) is 0 Å². The molecule has 2 aromatic rings. The summed E-state index contributed by atoms with van der Waals surface area (Å²) in [5, 5.41) is 0.558. The second kappa shape index (κ2) is 7.85. The predicted molar refractivity (Wildman–Crippen MR) is 101 cm³/mol. The second-order valence-electron chi connectivity index (χ2n) is 6.42. The van der Waals surface area contributed by atoms with E-state index in [1.165, 1.54) is 19.2 Å². The topological polar surface area (TPSA) is 35.5 Å². The van der Waals surface area contributed by atoms with E-state index in [4.69, 9.17) is 20.8 Å². The number of benzene rings is 2. The largest absolute Gasteiger partial charge is 0.543 e. The summed E-state index contributed by atoms with van der Waals surface area (Å²) in [5.41, 5.74) is 1.51. The van der Waals surface area contributed by atoms with E-state index in [1.807, 2.05) is 19.6 Å². The van der Waals surface area contributed by atoms with Crippen molar-refractivity contribution in [3.63, 3.8) is 0 Å². The molecule has 132 valence electrons. The van der Waals surface area contributed by atoms with Crippen LogP contribution in [0.1, 0.15) is 11.1 Å². The average molecular weight is 379 g/mol. The minimum absolute atomic E-state index is 0.285. The lowest BCUT2D eigenvalue weighted by Gasteiger charge is -2.24. The summed E-state index contributed by atoms with van der Waals surface area (Å²) in [4.78, 5) is 12.5. The highest BCUT2D eigenvalue weighted by Gasteiger charge is 2.26. The average Bonchev–Trinajstić information content (AvgIpc) is 2.55. The Morgan fingerprint density at radius 2 is 1.48 bits per heavy atom. The minimum atomic E-state index is -2.07. The zero-order chi connectivity index (χ0) is 18.6. The van der Waals surface area contributed by atoms with E-state index in [2.05, 4.69) is 0 Å². The molecular formula is C19H20ClFO3Si. The third-order valence-electron chi connectivity index (χ3n) is 3.26. The number of carbonyl (C=O) groups is 1. The molecule has 0 spiro atoms. The molecule has 0 heterocycles. The number of methoxy groups -OCH3 is 1. The molecule has 0 bridgehead atoms. The van der Waals surface area contributed by atoms with Crippen molar-refractivity contribution in [3.05, 3.63) is 70.5 Å². The molecule has 3 nitrogen and oxygen atoms in total. The van der Waals surface area contributed by atoms with Crippen molar-refractivity contribution < 1.29 is 18.3 Å². The van der Waals surface area contributed by atoms with E-state index in [0.29, 0.717) is 21.9 Å². The van der Waals surface area contributed by atoms with Gasteiger partial charge in [-0.2, -0.15) is 0 Å². The van der Waals surface area contributed by atoms with Crippen molar-refractivity contribution in [2.24, 2.45) is 0 Å². The van der Waals surface area contributed by atoms with Crippen LogP contribution in [-0.4, -0.2) is 21.4 Å². The first-order valence-corrected chi connectivity index (χ1v) is 11.5. The summed E-state index contributed by atoms with van der Waals surface area (Å²) in [5.74, 6) is -0.504. The number of esters is 1. The Morgan fingerprint density at radius 3 is 1.96 bits per heavy atom. The molecule has 0 radical (unpaired) electrons. The molecule has 0 saturated carbocycles. The van der Waals surface area contributed by atoms with Crippen molar-refractivity contribution in [1.82, 2.24) is 0 Å². The summed E-state index contributed by atoms with van der Waals surface area (Å²) in [6.45, 7) is 6.02. The summed E-state index contributed by atoms with van der Waals surface area (Å²) in [7, 11) is -0.753. The van der Waals surface area contributed by atoms with E-state index in [-0.39, 0.29) is 11.4 Å². The van der Waals surface area contributed by atoms with Gasteiger partial charge in [0.25, 0.3) is 0 Å². The smallest absolute Gasteiger partial charge is 0.342 e. The molecule has 0 saturated heterocycles. The Morgan fingerprint density at radius 1 is 0.960 bits per heavy atom. The van der Waals surface area contributed by atoms with Crippen LogP contribution in [0, 0.1) is 5.82 Å². The van der Waals surface area contributed by atoms with Crippen LogP contribution in [0.5, 0.6) is 0 Å². The third-order valence-corrected chi connectivity index (χ3v) is 4.33. The Bertz CT molecular complexity index is 778. The number of rotatable bonds is 5. The van der Waals surface area contributed by atoms with Crippen LogP contribution in [0.4, 0.5) is 4.39 Å². The molecule has 0 amide bonds. The molecular weight excluding hydrogens is 359 g/mol. The van der Waals surface area contributed by atoms with Crippen molar-refractivity contribution in [1.29, 1.82) is 0 Å². The van der Waals surface area contributed by atoms with Crippen molar-refractivity contribution in [2.45, 2.75) is 19.6 Å². The minimum Gasteiger partial charge on any atom is -0.543 e. The molecule has 25 heavy (non-hydrogen) atoms. The molecule has 0 atom stereocenters. The van der Waals surface area contributed by atoms with E-state index in [0.717, 1.165) is 0 Å². The zero-order valence-electron chi connectivity index (χ0n) is 14.6. The number of hydrogen-bond acceptors (Lipinski definition) is 3. The van der Waals surface area contributed by atoms with Crippen molar-refractivity contribution in [2.75, 3.05) is 7.11 Å². The van der Waals surface area contributed by atoms with Crippen molar-refractivity contribution in [3.8, 4) is 0 Å². The van der Waals surface area contributed by atoms with Gasteiger partial charge in [-0.3, -0.25) is 0 Å². The van der Waals surface area contributed by atoms with Gasteiger partial charge in [0.05, 0.1) is 7.11 Å². The molecule has 2 aromatic carbocycles. The number of halogens is 2. The first kappa shape index (κ1) is 19.2. The second-order valence-corrected chi connectivity index (χ2v) is 11.3. The van der Waals surface area contributed by atoms with Crippen LogP contribution in [0.25, 0.3) is 11.3 Å². The van der Waals surface area contributed by atoms with Gasteiger partial charge in [-0.15, -0.1) is 0 Å². The molecule has 0 aliphatic heterocycles. The Kier molecular flexibility index (Phi) is 6.03. The highest BCUT2D eigenvalue weighted by Crippen LogP contribution is 2.32. The molecule has 0 unspecified atom stereocenters.